The number of hydrogen-bond acceptors (Lipinski definition) is 4. The largest absolute Gasteiger partial charge is 0.371 e. The number of nitrogens with one attached hydrogen (secondary N) is 1. The molecule has 7 heteroatoms. The van der Waals surface area contributed by atoms with Crippen LogP contribution in [0.4, 0.5) is 10.1 Å². The lowest BCUT2D eigenvalue weighted by atomic mass is 9.89. The first kappa shape index (κ1) is 23.8. The van der Waals surface area contributed by atoms with Crippen molar-refractivity contribution >= 4 is 33.4 Å². The second kappa shape index (κ2) is 10.4. The van der Waals surface area contributed by atoms with Crippen LogP contribution in [-0.4, -0.2) is 41.8 Å². The predicted octanol–water partition coefficient (Wildman–Crippen LogP) is 5.49. The SMILES string of the molecule is CCC1N=C2C(Br)=CC=CN2C1C(=O)NCc1ccc(N2CCC(c3ccc(F)cc3)CC2)cc1. The van der Waals surface area contributed by atoms with Crippen LogP contribution in [0, 0.1) is 5.82 Å². The van der Waals surface area contributed by atoms with Gasteiger partial charge in [-0.2, -0.15) is 0 Å². The molecule has 182 valence electrons. The number of allylic oxidation sites excluding steroid dienone is 2. The second-order valence-electron chi connectivity index (χ2n) is 9.33. The van der Waals surface area contributed by atoms with Crippen LogP contribution in [0.2, 0.25) is 0 Å². The fourth-order valence-corrected chi connectivity index (χ4v) is 5.65. The van der Waals surface area contributed by atoms with Gasteiger partial charge in [0, 0.05) is 31.5 Å². The van der Waals surface area contributed by atoms with Gasteiger partial charge in [0.2, 0.25) is 5.91 Å². The number of benzene rings is 2. The molecule has 0 aliphatic carbocycles. The Hall–Kier alpha value is -2.93. The molecule has 0 bridgehead atoms. The number of piperidine rings is 1. The number of hydrogen-bond donors (Lipinski definition) is 1. The molecular weight excluding hydrogens is 507 g/mol. The van der Waals surface area contributed by atoms with E-state index in [9.17, 15) is 9.18 Å². The van der Waals surface area contributed by atoms with E-state index in [-0.39, 0.29) is 23.8 Å². The van der Waals surface area contributed by atoms with Crippen molar-refractivity contribution in [1.29, 1.82) is 0 Å². The van der Waals surface area contributed by atoms with Gasteiger partial charge in [-0.05, 0) is 88.7 Å². The summed E-state index contributed by atoms with van der Waals surface area (Å²) in [6.45, 7) is 4.51. The lowest BCUT2D eigenvalue weighted by Crippen LogP contribution is -2.48. The third kappa shape index (κ3) is 5.06. The van der Waals surface area contributed by atoms with Crippen LogP contribution in [0.5, 0.6) is 0 Å². The highest BCUT2D eigenvalue weighted by Crippen LogP contribution is 2.31. The second-order valence-corrected chi connectivity index (χ2v) is 10.2. The van der Waals surface area contributed by atoms with Crippen molar-refractivity contribution in [2.45, 2.75) is 50.7 Å². The summed E-state index contributed by atoms with van der Waals surface area (Å²) < 4.78 is 14.1. The molecule has 2 atom stereocenters. The van der Waals surface area contributed by atoms with Gasteiger partial charge in [0.1, 0.15) is 17.7 Å². The molecular formula is C28H30BrFN4O. The van der Waals surface area contributed by atoms with Crippen molar-refractivity contribution in [2.75, 3.05) is 18.0 Å². The highest BCUT2D eigenvalue weighted by atomic mass is 79.9. The molecule has 2 aromatic carbocycles. The van der Waals surface area contributed by atoms with Crippen molar-refractivity contribution in [3.63, 3.8) is 0 Å². The topological polar surface area (TPSA) is 47.9 Å². The zero-order chi connectivity index (χ0) is 24.4. The molecule has 3 aliphatic rings. The van der Waals surface area contributed by atoms with Gasteiger partial charge in [0.05, 0.1) is 10.5 Å². The quantitative estimate of drug-likeness (QED) is 0.530. The van der Waals surface area contributed by atoms with E-state index >= 15 is 0 Å². The Morgan fingerprint density at radius 3 is 2.51 bits per heavy atom. The van der Waals surface area contributed by atoms with Crippen LogP contribution in [0.25, 0.3) is 0 Å². The molecule has 1 fully saturated rings. The first-order valence-corrected chi connectivity index (χ1v) is 13.1. The number of carbonyl (C=O) groups excluding carboxylic acids is 1. The Balaban J connectivity index is 1.15. The maximum atomic E-state index is 13.2. The zero-order valence-corrected chi connectivity index (χ0v) is 21.4. The number of amidine groups is 1. The number of fused-ring (bicyclic) bond motifs is 1. The summed E-state index contributed by atoms with van der Waals surface area (Å²) >= 11 is 3.55. The normalized spacial score (nSPS) is 22.0. The first-order chi connectivity index (χ1) is 17.0. The summed E-state index contributed by atoms with van der Waals surface area (Å²) in [6.07, 6.45) is 8.74. The molecule has 0 aromatic heterocycles. The van der Waals surface area contributed by atoms with E-state index in [1.807, 2.05) is 35.4 Å². The van der Waals surface area contributed by atoms with Gasteiger partial charge in [-0.1, -0.05) is 31.2 Å². The molecule has 3 aliphatic heterocycles. The van der Waals surface area contributed by atoms with Gasteiger partial charge in [0.15, 0.2) is 0 Å². The Morgan fingerprint density at radius 2 is 1.83 bits per heavy atom. The minimum Gasteiger partial charge on any atom is -0.371 e. The average molecular weight is 537 g/mol. The summed E-state index contributed by atoms with van der Waals surface area (Å²) in [5.41, 5.74) is 3.50. The summed E-state index contributed by atoms with van der Waals surface area (Å²) in [4.78, 5) is 22.2. The van der Waals surface area contributed by atoms with Crippen molar-refractivity contribution in [2.24, 2.45) is 4.99 Å². The van der Waals surface area contributed by atoms with Crippen molar-refractivity contribution in [1.82, 2.24) is 10.2 Å². The highest BCUT2D eigenvalue weighted by Gasteiger charge is 2.40. The molecule has 0 saturated carbocycles. The van der Waals surface area contributed by atoms with Gasteiger partial charge >= 0.3 is 0 Å². The molecule has 0 spiro atoms. The third-order valence-electron chi connectivity index (χ3n) is 7.19. The van der Waals surface area contributed by atoms with Crippen molar-refractivity contribution in [3.05, 3.63) is 88.3 Å². The van der Waals surface area contributed by atoms with Gasteiger partial charge in [-0.3, -0.25) is 9.79 Å². The molecule has 2 unspecified atom stereocenters. The van der Waals surface area contributed by atoms with E-state index in [1.54, 1.807) is 12.1 Å². The number of carbonyl (C=O) groups is 1. The van der Waals surface area contributed by atoms with Crippen molar-refractivity contribution < 1.29 is 9.18 Å². The monoisotopic (exact) mass is 536 g/mol. The van der Waals surface area contributed by atoms with Crippen LogP contribution in [0.15, 0.2) is 76.4 Å². The lowest BCUT2D eigenvalue weighted by Gasteiger charge is -2.34. The summed E-state index contributed by atoms with van der Waals surface area (Å²) in [6, 6.07) is 15.0. The van der Waals surface area contributed by atoms with Crippen LogP contribution in [-0.2, 0) is 11.3 Å². The van der Waals surface area contributed by atoms with E-state index in [0.29, 0.717) is 12.5 Å². The Labute approximate surface area is 214 Å². The van der Waals surface area contributed by atoms with E-state index in [2.05, 4.69) is 57.3 Å². The first-order valence-electron chi connectivity index (χ1n) is 12.3. The number of nitrogens with zero attached hydrogens (tertiary/aromatic N) is 3. The fraction of sp³-hybridized carbons (Fsp3) is 0.357. The standard InChI is InChI=1S/C28H30BrFN4O/c1-2-25-26(34-15-3-4-24(29)27(34)32-25)28(35)31-18-19-5-11-23(12-6-19)33-16-13-21(14-17-33)20-7-9-22(30)10-8-20/h3-12,15,21,25-26H,2,13-14,16-18H2,1H3,(H,31,35). The average Bonchev–Trinajstić information content (AvgIpc) is 3.28. The van der Waals surface area contributed by atoms with Gasteiger partial charge in [-0.25, -0.2) is 4.39 Å². The van der Waals surface area contributed by atoms with Crippen LogP contribution < -0.4 is 10.2 Å². The lowest BCUT2D eigenvalue weighted by molar-refractivity contribution is -0.124. The maximum Gasteiger partial charge on any atom is 0.245 e. The number of aliphatic imine (C=N–C) groups is 1. The Bertz CT molecular complexity index is 1150. The summed E-state index contributed by atoms with van der Waals surface area (Å²) in [5.74, 6) is 1.13. The van der Waals surface area contributed by atoms with E-state index in [0.717, 1.165) is 48.2 Å². The van der Waals surface area contributed by atoms with Crippen molar-refractivity contribution in [3.8, 4) is 0 Å². The van der Waals surface area contributed by atoms with E-state index in [1.165, 1.54) is 11.3 Å². The molecule has 35 heavy (non-hydrogen) atoms. The zero-order valence-electron chi connectivity index (χ0n) is 19.8. The molecule has 1 saturated heterocycles. The number of rotatable bonds is 6. The molecule has 3 heterocycles. The minimum atomic E-state index is -0.325. The van der Waals surface area contributed by atoms with Gasteiger partial charge in [0.25, 0.3) is 0 Å². The fourth-order valence-electron chi connectivity index (χ4n) is 5.19. The maximum absolute atomic E-state index is 13.2. The van der Waals surface area contributed by atoms with Crippen LogP contribution in [0.1, 0.15) is 43.2 Å². The molecule has 1 N–H and O–H groups in total. The summed E-state index contributed by atoms with van der Waals surface area (Å²) in [7, 11) is 0. The summed E-state index contributed by atoms with van der Waals surface area (Å²) in [5, 5.41) is 3.12. The molecule has 1 amide bonds. The Morgan fingerprint density at radius 1 is 1.11 bits per heavy atom. The molecule has 5 rings (SSSR count). The number of amides is 1. The molecule has 2 aromatic rings. The van der Waals surface area contributed by atoms with Gasteiger partial charge in [-0.15, -0.1) is 0 Å². The van der Waals surface area contributed by atoms with E-state index < -0.39 is 0 Å². The predicted molar refractivity (Wildman–Crippen MR) is 142 cm³/mol. The van der Waals surface area contributed by atoms with Crippen LogP contribution >= 0.6 is 15.9 Å². The third-order valence-corrected chi connectivity index (χ3v) is 7.81. The molecule has 0 radical (unpaired) electrons. The number of halogens is 2. The van der Waals surface area contributed by atoms with E-state index in [4.69, 9.17) is 4.99 Å². The van der Waals surface area contributed by atoms with Gasteiger partial charge < -0.3 is 15.1 Å². The molecule has 5 nitrogen and oxygen atoms in total. The smallest absolute Gasteiger partial charge is 0.245 e. The Kier molecular flexibility index (Phi) is 7.04. The minimum absolute atomic E-state index is 0.00519. The number of anilines is 1. The van der Waals surface area contributed by atoms with Crippen LogP contribution in [0.3, 0.4) is 0 Å². The highest BCUT2D eigenvalue weighted by molar-refractivity contribution is 9.12.